The van der Waals surface area contributed by atoms with Crippen molar-refractivity contribution in [3.05, 3.63) is 53.3 Å². The van der Waals surface area contributed by atoms with Crippen LogP contribution in [0.15, 0.2) is 36.7 Å². The van der Waals surface area contributed by atoms with Gasteiger partial charge in [0.2, 0.25) is 5.91 Å². The largest absolute Gasteiger partial charge is 0.371 e. The maximum atomic E-state index is 12.4. The van der Waals surface area contributed by atoms with E-state index in [0.29, 0.717) is 12.3 Å². The summed E-state index contributed by atoms with van der Waals surface area (Å²) in [5, 5.41) is 3.13. The molecular weight excluding hydrogens is 346 g/mol. The van der Waals surface area contributed by atoms with E-state index in [0.717, 1.165) is 42.7 Å². The van der Waals surface area contributed by atoms with Crippen molar-refractivity contribution in [1.82, 2.24) is 4.98 Å². The molecule has 0 aliphatic carbocycles. The summed E-state index contributed by atoms with van der Waals surface area (Å²) in [6, 6.07) is 8.64. The van der Waals surface area contributed by atoms with Crippen LogP contribution < -0.4 is 10.2 Å². The molecule has 150 valence electrons. The molecule has 4 nitrogen and oxygen atoms in total. The topological polar surface area (TPSA) is 45.2 Å². The van der Waals surface area contributed by atoms with E-state index in [2.05, 4.69) is 68.0 Å². The zero-order chi connectivity index (χ0) is 20.3. The molecule has 1 fully saturated rings. The Labute approximate surface area is 169 Å². The Morgan fingerprint density at radius 1 is 1.18 bits per heavy atom. The maximum absolute atomic E-state index is 12.4. The van der Waals surface area contributed by atoms with Gasteiger partial charge in [0.25, 0.3) is 0 Å². The molecule has 0 spiro atoms. The van der Waals surface area contributed by atoms with Crippen molar-refractivity contribution in [2.24, 2.45) is 5.41 Å². The number of benzene rings is 1. The summed E-state index contributed by atoms with van der Waals surface area (Å²) in [5.74, 6) is 0.687. The number of carbonyl (C=O) groups is 1. The van der Waals surface area contributed by atoms with Gasteiger partial charge in [-0.05, 0) is 72.9 Å². The molecule has 1 aromatic carbocycles. The molecule has 0 radical (unpaired) electrons. The average Bonchev–Trinajstić information content (AvgIpc) is 2.64. The van der Waals surface area contributed by atoms with Crippen LogP contribution in [-0.4, -0.2) is 24.0 Å². The van der Waals surface area contributed by atoms with Gasteiger partial charge in [0.1, 0.15) is 0 Å². The molecule has 2 aromatic rings. The Hall–Kier alpha value is -2.36. The summed E-state index contributed by atoms with van der Waals surface area (Å²) < 4.78 is 0. The Balaban J connectivity index is 1.67. The molecule has 28 heavy (non-hydrogen) atoms. The van der Waals surface area contributed by atoms with Crippen LogP contribution in [0.2, 0.25) is 0 Å². The lowest BCUT2D eigenvalue weighted by Crippen LogP contribution is -2.33. The van der Waals surface area contributed by atoms with Crippen LogP contribution in [0.1, 0.15) is 62.6 Å². The summed E-state index contributed by atoms with van der Waals surface area (Å²) >= 11 is 0. The lowest BCUT2D eigenvalue weighted by Gasteiger charge is -2.34. The second-order valence-corrected chi connectivity index (χ2v) is 9.29. The molecule has 1 amide bonds. The molecule has 1 saturated heterocycles. The van der Waals surface area contributed by atoms with Gasteiger partial charge in [-0.3, -0.25) is 9.78 Å². The number of hydrogen-bond donors (Lipinski definition) is 1. The van der Waals surface area contributed by atoms with Crippen LogP contribution in [0.5, 0.6) is 0 Å². The van der Waals surface area contributed by atoms with E-state index in [4.69, 9.17) is 0 Å². The van der Waals surface area contributed by atoms with Gasteiger partial charge >= 0.3 is 0 Å². The van der Waals surface area contributed by atoms with E-state index < -0.39 is 0 Å². The minimum absolute atomic E-state index is 0.00948. The number of aromatic nitrogens is 1. The predicted molar refractivity (Wildman–Crippen MR) is 117 cm³/mol. The number of amides is 1. The van der Waals surface area contributed by atoms with Crippen LogP contribution in [0.25, 0.3) is 0 Å². The predicted octanol–water partition coefficient (Wildman–Crippen LogP) is 5.46. The highest BCUT2D eigenvalue weighted by molar-refractivity contribution is 5.93. The van der Waals surface area contributed by atoms with Crippen molar-refractivity contribution in [2.45, 2.75) is 59.8 Å². The van der Waals surface area contributed by atoms with Gasteiger partial charge in [-0.25, -0.2) is 0 Å². The minimum Gasteiger partial charge on any atom is -0.371 e. The second kappa shape index (κ2) is 8.34. The highest BCUT2D eigenvalue weighted by atomic mass is 16.1. The number of nitrogens with one attached hydrogen (secondary N) is 1. The van der Waals surface area contributed by atoms with Crippen molar-refractivity contribution in [1.29, 1.82) is 0 Å². The number of aryl methyl sites for hydroxylation is 2. The standard InChI is InChI=1S/C24H33N3O/c1-17-13-21(14-18(2)23(17)26-22(28)15-24(3,4)5)27-11-8-19(9-12-27)20-7-6-10-25-16-20/h6-7,10,13-14,16,19H,8-9,11-12,15H2,1-5H3,(H,26,28). The molecule has 1 N–H and O–H groups in total. The van der Waals surface area contributed by atoms with E-state index in [9.17, 15) is 4.79 Å². The second-order valence-electron chi connectivity index (χ2n) is 9.29. The van der Waals surface area contributed by atoms with Crippen molar-refractivity contribution >= 4 is 17.3 Å². The van der Waals surface area contributed by atoms with Gasteiger partial charge in [0.05, 0.1) is 0 Å². The Kier molecular flexibility index (Phi) is 6.07. The summed E-state index contributed by atoms with van der Waals surface area (Å²) in [7, 11) is 0. The highest BCUT2D eigenvalue weighted by Crippen LogP contribution is 2.33. The quantitative estimate of drug-likeness (QED) is 0.767. The molecule has 4 heteroatoms. The minimum atomic E-state index is -0.00948. The van der Waals surface area contributed by atoms with Crippen molar-refractivity contribution < 1.29 is 4.79 Å². The molecule has 3 rings (SSSR count). The molecular formula is C24H33N3O. The molecule has 1 aliphatic heterocycles. The monoisotopic (exact) mass is 379 g/mol. The first-order chi connectivity index (χ1) is 13.2. The first-order valence-corrected chi connectivity index (χ1v) is 10.3. The van der Waals surface area contributed by atoms with Crippen molar-refractivity contribution in [3.63, 3.8) is 0 Å². The molecule has 0 bridgehead atoms. The fourth-order valence-corrected chi connectivity index (χ4v) is 4.07. The van der Waals surface area contributed by atoms with Crippen molar-refractivity contribution in [3.8, 4) is 0 Å². The van der Waals surface area contributed by atoms with E-state index in [-0.39, 0.29) is 11.3 Å². The third-order valence-electron chi connectivity index (χ3n) is 5.49. The van der Waals surface area contributed by atoms with Crippen LogP contribution in [0.3, 0.4) is 0 Å². The fraction of sp³-hybridized carbons (Fsp3) is 0.500. The third-order valence-corrected chi connectivity index (χ3v) is 5.49. The van der Waals surface area contributed by atoms with Crippen LogP contribution in [0, 0.1) is 19.3 Å². The first-order valence-electron chi connectivity index (χ1n) is 10.3. The third kappa shape index (κ3) is 5.12. The van der Waals surface area contributed by atoms with E-state index in [1.807, 2.05) is 18.5 Å². The van der Waals surface area contributed by atoms with Gasteiger partial charge in [-0.1, -0.05) is 26.8 Å². The highest BCUT2D eigenvalue weighted by Gasteiger charge is 2.22. The van der Waals surface area contributed by atoms with Gasteiger partial charge in [-0.15, -0.1) is 0 Å². The maximum Gasteiger partial charge on any atom is 0.224 e. The van der Waals surface area contributed by atoms with E-state index >= 15 is 0 Å². The fourth-order valence-electron chi connectivity index (χ4n) is 4.07. The van der Waals surface area contributed by atoms with Crippen LogP contribution >= 0.6 is 0 Å². The van der Waals surface area contributed by atoms with Gasteiger partial charge < -0.3 is 10.2 Å². The molecule has 0 unspecified atom stereocenters. The lowest BCUT2D eigenvalue weighted by molar-refractivity contribution is -0.117. The van der Waals surface area contributed by atoms with Gasteiger partial charge in [-0.2, -0.15) is 0 Å². The van der Waals surface area contributed by atoms with Crippen LogP contribution in [0.4, 0.5) is 11.4 Å². The zero-order valence-electron chi connectivity index (χ0n) is 17.9. The summed E-state index contributed by atoms with van der Waals surface area (Å²) in [6.45, 7) is 12.5. The number of anilines is 2. The molecule has 1 aromatic heterocycles. The SMILES string of the molecule is Cc1cc(N2CCC(c3cccnc3)CC2)cc(C)c1NC(=O)CC(C)(C)C. The number of carbonyl (C=O) groups excluding carboxylic acids is 1. The molecule has 2 heterocycles. The zero-order valence-corrected chi connectivity index (χ0v) is 17.9. The number of pyridine rings is 1. The lowest BCUT2D eigenvalue weighted by atomic mass is 9.90. The van der Waals surface area contributed by atoms with E-state index in [1.54, 1.807) is 0 Å². The number of rotatable bonds is 4. The smallest absolute Gasteiger partial charge is 0.224 e. The Morgan fingerprint density at radius 3 is 2.36 bits per heavy atom. The normalized spacial score (nSPS) is 15.5. The molecule has 1 aliphatic rings. The average molecular weight is 380 g/mol. The summed E-state index contributed by atoms with van der Waals surface area (Å²) in [4.78, 5) is 19.1. The number of piperidine rings is 1. The Morgan fingerprint density at radius 2 is 1.82 bits per heavy atom. The molecule has 0 atom stereocenters. The van der Waals surface area contributed by atoms with Crippen LogP contribution in [-0.2, 0) is 4.79 Å². The summed E-state index contributed by atoms with van der Waals surface area (Å²) in [5.41, 5.74) is 5.83. The summed E-state index contributed by atoms with van der Waals surface area (Å²) in [6.07, 6.45) is 6.66. The van der Waals surface area contributed by atoms with Gasteiger partial charge in [0, 0.05) is 43.3 Å². The van der Waals surface area contributed by atoms with Gasteiger partial charge in [0.15, 0.2) is 0 Å². The first kappa shape index (κ1) is 20.4. The Bertz CT molecular complexity index is 792. The van der Waals surface area contributed by atoms with Crippen molar-refractivity contribution in [2.75, 3.05) is 23.3 Å². The molecule has 0 saturated carbocycles. The van der Waals surface area contributed by atoms with E-state index in [1.165, 1.54) is 11.3 Å². The number of nitrogens with zero attached hydrogens (tertiary/aromatic N) is 2. The number of hydrogen-bond acceptors (Lipinski definition) is 3.